The SMILES string of the molecule is COc1cc(OCCN2CC(CF)C2)ccc1[C@@H]1c2ccc3nn(C4CCCCO4)cc3c2C[C@@H](C)N1CC(C)(C)F. The number of fused-ring (bicyclic) bond motifs is 3. The van der Waals surface area contributed by atoms with Gasteiger partial charge in [0, 0.05) is 68.0 Å². The van der Waals surface area contributed by atoms with Crippen LogP contribution in [0.15, 0.2) is 36.5 Å². The number of hydrogen-bond donors (Lipinski definition) is 0. The third-order valence-corrected chi connectivity index (χ3v) is 8.98. The maximum absolute atomic E-state index is 15.3. The number of likely N-dealkylation sites (tertiary alicyclic amines) is 1. The molecule has 0 spiro atoms. The van der Waals surface area contributed by atoms with Gasteiger partial charge < -0.3 is 14.2 Å². The van der Waals surface area contributed by atoms with Crippen LogP contribution in [-0.4, -0.2) is 84.5 Å². The maximum Gasteiger partial charge on any atom is 0.150 e. The van der Waals surface area contributed by atoms with E-state index in [4.69, 9.17) is 19.3 Å². The monoisotopic (exact) mass is 582 g/mol. The second-order valence-corrected chi connectivity index (χ2v) is 12.9. The van der Waals surface area contributed by atoms with E-state index < -0.39 is 5.67 Å². The molecule has 1 unspecified atom stereocenters. The van der Waals surface area contributed by atoms with Crippen molar-refractivity contribution in [2.24, 2.45) is 5.92 Å². The number of benzene rings is 2. The highest BCUT2D eigenvalue weighted by molar-refractivity contribution is 5.84. The quantitative estimate of drug-likeness (QED) is 0.288. The lowest BCUT2D eigenvalue weighted by atomic mass is 9.82. The number of aromatic nitrogens is 2. The molecule has 2 fully saturated rings. The predicted octanol–water partition coefficient (Wildman–Crippen LogP) is 6.11. The fourth-order valence-corrected chi connectivity index (χ4v) is 6.88. The zero-order chi connectivity index (χ0) is 29.4. The molecule has 0 bridgehead atoms. The van der Waals surface area contributed by atoms with Gasteiger partial charge in [-0.05, 0) is 75.8 Å². The van der Waals surface area contributed by atoms with Gasteiger partial charge in [-0.1, -0.05) is 6.07 Å². The van der Waals surface area contributed by atoms with Gasteiger partial charge in [-0.3, -0.25) is 14.2 Å². The molecule has 1 aromatic heterocycles. The molecule has 228 valence electrons. The highest BCUT2D eigenvalue weighted by Crippen LogP contribution is 2.45. The molecule has 0 amide bonds. The molecule has 0 saturated carbocycles. The van der Waals surface area contributed by atoms with Gasteiger partial charge in [0.15, 0.2) is 0 Å². The van der Waals surface area contributed by atoms with E-state index in [0.717, 1.165) is 79.7 Å². The summed E-state index contributed by atoms with van der Waals surface area (Å²) in [6.45, 7) is 9.16. The van der Waals surface area contributed by atoms with E-state index in [1.54, 1.807) is 21.0 Å². The van der Waals surface area contributed by atoms with Crippen molar-refractivity contribution in [1.82, 2.24) is 19.6 Å². The van der Waals surface area contributed by atoms with Crippen molar-refractivity contribution in [3.63, 3.8) is 0 Å². The minimum atomic E-state index is -1.37. The van der Waals surface area contributed by atoms with E-state index in [-0.39, 0.29) is 30.9 Å². The van der Waals surface area contributed by atoms with E-state index in [1.165, 1.54) is 5.56 Å². The largest absolute Gasteiger partial charge is 0.496 e. The molecule has 0 N–H and O–H groups in total. The Morgan fingerprint density at radius 1 is 1.12 bits per heavy atom. The zero-order valence-corrected chi connectivity index (χ0v) is 25.3. The van der Waals surface area contributed by atoms with Crippen LogP contribution in [0.3, 0.4) is 0 Å². The molecule has 9 heteroatoms. The first-order valence-corrected chi connectivity index (χ1v) is 15.4. The Morgan fingerprint density at radius 2 is 1.93 bits per heavy atom. The highest BCUT2D eigenvalue weighted by Gasteiger charge is 2.39. The zero-order valence-electron chi connectivity index (χ0n) is 25.3. The summed E-state index contributed by atoms with van der Waals surface area (Å²) < 4.78 is 48.1. The number of hydrogen-bond acceptors (Lipinski definition) is 6. The summed E-state index contributed by atoms with van der Waals surface area (Å²) in [6.07, 6.45) is 6.13. The lowest BCUT2D eigenvalue weighted by Gasteiger charge is -2.44. The fraction of sp³-hybridized carbons (Fsp3) is 0.606. The van der Waals surface area contributed by atoms with Crippen LogP contribution in [0.5, 0.6) is 11.5 Å². The van der Waals surface area contributed by atoms with Crippen molar-refractivity contribution in [3.8, 4) is 11.5 Å². The number of alkyl halides is 2. The van der Waals surface area contributed by atoms with Crippen LogP contribution >= 0.6 is 0 Å². The molecular weight excluding hydrogens is 538 g/mol. The summed E-state index contributed by atoms with van der Waals surface area (Å²) >= 11 is 0. The van der Waals surface area contributed by atoms with E-state index >= 15 is 4.39 Å². The van der Waals surface area contributed by atoms with Gasteiger partial charge in [-0.25, -0.2) is 9.07 Å². The van der Waals surface area contributed by atoms with Crippen LogP contribution in [0.4, 0.5) is 8.78 Å². The molecule has 6 rings (SSSR count). The summed E-state index contributed by atoms with van der Waals surface area (Å²) in [6, 6.07) is 10.1. The second kappa shape index (κ2) is 12.1. The van der Waals surface area contributed by atoms with Crippen molar-refractivity contribution in [2.45, 2.75) is 70.4 Å². The summed E-state index contributed by atoms with van der Waals surface area (Å²) in [5.74, 6) is 1.61. The summed E-state index contributed by atoms with van der Waals surface area (Å²) in [4.78, 5) is 4.47. The van der Waals surface area contributed by atoms with Crippen molar-refractivity contribution in [3.05, 3.63) is 53.2 Å². The van der Waals surface area contributed by atoms with Crippen molar-refractivity contribution in [2.75, 3.05) is 53.2 Å². The minimum Gasteiger partial charge on any atom is -0.496 e. The van der Waals surface area contributed by atoms with Crippen LogP contribution in [0, 0.1) is 5.92 Å². The summed E-state index contributed by atoms with van der Waals surface area (Å²) in [5, 5.41) is 6.04. The Balaban J connectivity index is 1.33. The molecule has 4 heterocycles. The molecular formula is C33H44F2N4O3. The standard InChI is InChI=1S/C33H44F2N4O3/c1-22-15-27-25(10-11-29-28(27)20-39(36-29)31-7-5-6-13-42-31)32(38(22)21-33(2,3)35)26-9-8-24(16-30(26)40-4)41-14-12-37-18-23(17-34)19-37/h8-11,16,20,22-23,31-32H,5-7,12-15,17-19,21H2,1-4H3/t22-,31?,32+/m1/s1. The first-order chi connectivity index (χ1) is 20.2. The smallest absolute Gasteiger partial charge is 0.150 e. The van der Waals surface area contributed by atoms with Gasteiger partial charge in [0.2, 0.25) is 0 Å². The molecule has 7 nitrogen and oxygen atoms in total. The number of halogens is 2. The lowest BCUT2D eigenvalue weighted by Crippen LogP contribution is -2.49. The van der Waals surface area contributed by atoms with Crippen molar-refractivity contribution in [1.29, 1.82) is 0 Å². The van der Waals surface area contributed by atoms with Gasteiger partial charge >= 0.3 is 0 Å². The van der Waals surface area contributed by atoms with Gasteiger partial charge in [0.1, 0.15) is 30.0 Å². The number of methoxy groups -OCH3 is 1. The van der Waals surface area contributed by atoms with Crippen LogP contribution in [0.1, 0.15) is 69.0 Å². The van der Waals surface area contributed by atoms with Gasteiger partial charge in [-0.15, -0.1) is 0 Å². The molecule has 3 aromatic rings. The van der Waals surface area contributed by atoms with Gasteiger partial charge in [0.05, 0.1) is 25.3 Å². The van der Waals surface area contributed by atoms with E-state index in [0.29, 0.717) is 18.9 Å². The summed E-state index contributed by atoms with van der Waals surface area (Å²) in [5.41, 5.74) is 2.98. The maximum atomic E-state index is 15.3. The molecule has 0 radical (unpaired) electrons. The molecule has 42 heavy (non-hydrogen) atoms. The summed E-state index contributed by atoms with van der Waals surface area (Å²) in [7, 11) is 1.67. The van der Waals surface area contributed by atoms with Gasteiger partial charge in [0.25, 0.3) is 0 Å². The average molecular weight is 583 g/mol. The van der Waals surface area contributed by atoms with E-state index in [2.05, 4.69) is 41.1 Å². The Labute approximate surface area is 247 Å². The topological polar surface area (TPSA) is 52.0 Å². The predicted molar refractivity (Wildman–Crippen MR) is 160 cm³/mol. The van der Waals surface area contributed by atoms with Crippen molar-refractivity contribution < 1.29 is 23.0 Å². The minimum absolute atomic E-state index is 0.0266. The Morgan fingerprint density at radius 3 is 2.64 bits per heavy atom. The van der Waals surface area contributed by atoms with Crippen LogP contribution < -0.4 is 9.47 Å². The van der Waals surface area contributed by atoms with Crippen molar-refractivity contribution >= 4 is 10.9 Å². The number of rotatable bonds is 10. The molecule has 2 aromatic carbocycles. The third-order valence-electron chi connectivity index (χ3n) is 8.98. The van der Waals surface area contributed by atoms with E-state index in [1.807, 2.05) is 16.8 Å². The Kier molecular flexibility index (Phi) is 8.44. The Bertz CT molecular complexity index is 1380. The normalized spacial score (nSPS) is 24.0. The lowest BCUT2D eigenvalue weighted by molar-refractivity contribution is -0.0390. The third kappa shape index (κ3) is 6.01. The fourth-order valence-electron chi connectivity index (χ4n) is 6.88. The molecule has 3 aliphatic rings. The Hall–Kier alpha value is -2.75. The number of nitrogens with zero attached hydrogens (tertiary/aromatic N) is 4. The first kappa shape index (κ1) is 29.3. The van der Waals surface area contributed by atoms with Crippen LogP contribution in [0.2, 0.25) is 0 Å². The van der Waals surface area contributed by atoms with Crippen LogP contribution in [0.25, 0.3) is 10.9 Å². The molecule has 3 atom stereocenters. The molecule has 3 aliphatic heterocycles. The van der Waals surface area contributed by atoms with E-state index in [9.17, 15) is 4.39 Å². The van der Waals surface area contributed by atoms with Gasteiger partial charge in [-0.2, -0.15) is 5.10 Å². The van der Waals surface area contributed by atoms with Crippen LogP contribution in [-0.2, 0) is 11.2 Å². The first-order valence-electron chi connectivity index (χ1n) is 15.4. The second-order valence-electron chi connectivity index (χ2n) is 12.9. The number of ether oxygens (including phenoxy) is 3. The highest BCUT2D eigenvalue weighted by atomic mass is 19.1. The average Bonchev–Trinajstić information content (AvgIpc) is 3.40. The molecule has 0 aliphatic carbocycles. The molecule has 2 saturated heterocycles.